The molecule has 0 unspecified atom stereocenters. The summed E-state index contributed by atoms with van der Waals surface area (Å²) in [7, 11) is 1.32. The van der Waals surface area contributed by atoms with Crippen molar-refractivity contribution in [3.63, 3.8) is 0 Å². The number of esters is 1. The summed E-state index contributed by atoms with van der Waals surface area (Å²) in [4.78, 5) is 61.0. The quantitative estimate of drug-likeness (QED) is 0.579. The van der Waals surface area contributed by atoms with Gasteiger partial charge in [-0.2, -0.15) is 0 Å². The highest BCUT2D eigenvalue weighted by Gasteiger charge is 2.38. The number of anilines is 1. The number of carbonyl (C=O) groups excluding carboxylic acids is 5. The van der Waals surface area contributed by atoms with Crippen LogP contribution in [-0.4, -0.2) is 43.4 Å². The van der Waals surface area contributed by atoms with E-state index >= 15 is 0 Å². The Labute approximate surface area is 169 Å². The average Bonchev–Trinajstić information content (AvgIpc) is 2.96. The number of imide groups is 2. The Morgan fingerprint density at radius 1 is 1.03 bits per heavy atom. The van der Waals surface area contributed by atoms with Crippen LogP contribution >= 0.6 is 11.6 Å². The predicted molar refractivity (Wildman–Crippen MR) is 102 cm³/mol. The molecule has 10 heteroatoms. The van der Waals surface area contributed by atoms with Gasteiger partial charge in [0.05, 0.1) is 27.4 Å². The molecule has 1 aliphatic heterocycles. The molecular formula is C19H14ClN3O6. The summed E-state index contributed by atoms with van der Waals surface area (Å²) in [5, 5.41) is 4.34. The molecule has 0 bridgehead atoms. The van der Waals surface area contributed by atoms with Crippen LogP contribution in [0.1, 0.15) is 31.1 Å². The SMILES string of the molecule is CNC(=O)NC(=O)COC(=O)c1ccc2c(c1)C(=O)N(c1ccccc1Cl)C2=O. The Hall–Kier alpha value is -3.72. The third-order valence-corrected chi connectivity index (χ3v) is 4.35. The standard InChI is InChI=1S/C19H14ClN3O6/c1-21-19(28)22-15(24)9-29-18(27)10-6-7-11-12(8-10)17(26)23(16(11)25)14-5-3-2-4-13(14)20/h2-8H,9H2,1H3,(H2,21,22,24,28). The van der Waals surface area contributed by atoms with E-state index in [4.69, 9.17) is 16.3 Å². The molecule has 0 aliphatic carbocycles. The fourth-order valence-electron chi connectivity index (χ4n) is 2.66. The Morgan fingerprint density at radius 2 is 1.72 bits per heavy atom. The highest BCUT2D eigenvalue weighted by molar-refractivity contribution is 6.39. The number of halogens is 1. The molecule has 2 aromatic rings. The summed E-state index contributed by atoms with van der Waals surface area (Å²) < 4.78 is 4.83. The lowest BCUT2D eigenvalue weighted by Gasteiger charge is -2.15. The van der Waals surface area contributed by atoms with Crippen molar-refractivity contribution < 1.29 is 28.7 Å². The number of benzene rings is 2. The van der Waals surface area contributed by atoms with Crippen molar-refractivity contribution in [2.75, 3.05) is 18.6 Å². The summed E-state index contributed by atoms with van der Waals surface area (Å²) in [5.41, 5.74) is 0.331. The molecule has 0 fully saturated rings. The van der Waals surface area contributed by atoms with Gasteiger partial charge < -0.3 is 10.1 Å². The van der Waals surface area contributed by atoms with E-state index in [9.17, 15) is 24.0 Å². The first kappa shape index (κ1) is 20.0. The number of ether oxygens (including phenoxy) is 1. The van der Waals surface area contributed by atoms with E-state index in [1.165, 1.54) is 31.3 Å². The highest BCUT2D eigenvalue weighted by atomic mass is 35.5. The molecule has 2 aromatic carbocycles. The topological polar surface area (TPSA) is 122 Å². The van der Waals surface area contributed by atoms with E-state index in [0.717, 1.165) is 4.90 Å². The molecule has 9 nitrogen and oxygen atoms in total. The molecule has 0 saturated carbocycles. The summed E-state index contributed by atoms with van der Waals surface area (Å²) in [5.74, 6) is -2.92. The maximum Gasteiger partial charge on any atom is 0.338 e. The van der Waals surface area contributed by atoms with Crippen LogP contribution in [0.2, 0.25) is 5.02 Å². The zero-order valence-corrected chi connectivity index (χ0v) is 15.8. The van der Waals surface area contributed by atoms with Gasteiger partial charge in [-0.05, 0) is 30.3 Å². The molecule has 29 heavy (non-hydrogen) atoms. The fraction of sp³-hybridized carbons (Fsp3) is 0.105. The third-order valence-electron chi connectivity index (χ3n) is 4.03. The van der Waals surface area contributed by atoms with Crippen molar-refractivity contribution in [3.05, 3.63) is 64.2 Å². The van der Waals surface area contributed by atoms with Crippen molar-refractivity contribution >= 4 is 47.0 Å². The number of carbonyl (C=O) groups is 5. The van der Waals surface area contributed by atoms with E-state index in [2.05, 4.69) is 5.32 Å². The van der Waals surface area contributed by atoms with Crippen LogP contribution in [0.3, 0.4) is 0 Å². The molecule has 1 heterocycles. The first-order valence-corrected chi connectivity index (χ1v) is 8.67. The summed E-state index contributed by atoms with van der Waals surface area (Å²) in [6.07, 6.45) is 0. The first-order valence-electron chi connectivity index (χ1n) is 8.29. The largest absolute Gasteiger partial charge is 0.452 e. The number of hydrogen-bond donors (Lipinski definition) is 2. The Balaban J connectivity index is 1.78. The van der Waals surface area contributed by atoms with Gasteiger partial charge in [0.15, 0.2) is 6.61 Å². The van der Waals surface area contributed by atoms with Gasteiger partial charge in [-0.25, -0.2) is 14.5 Å². The molecule has 0 saturated heterocycles. The molecule has 148 valence electrons. The van der Waals surface area contributed by atoms with Crippen LogP contribution in [-0.2, 0) is 9.53 Å². The van der Waals surface area contributed by atoms with Gasteiger partial charge in [0.2, 0.25) is 0 Å². The number of hydrogen-bond acceptors (Lipinski definition) is 6. The van der Waals surface area contributed by atoms with E-state index in [-0.39, 0.29) is 27.4 Å². The lowest BCUT2D eigenvalue weighted by atomic mass is 10.1. The van der Waals surface area contributed by atoms with Crippen molar-refractivity contribution in [2.45, 2.75) is 0 Å². The molecular weight excluding hydrogens is 402 g/mol. The Bertz CT molecular complexity index is 1050. The fourth-order valence-corrected chi connectivity index (χ4v) is 2.88. The van der Waals surface area contributed by atoms with E-state index in [1.807, 2.05) is 5.32 Å². The molecule has 0 spiro atoms. The lowest BCUT2D eigenvalue weighted by Crippen LogP contribution is -2.39. The van der Waals surface area contributed by atoms with Gasteiger partial charge in [-0.15, -0.1) is 0 Å². The minimum absolute atomic E-state index is 0.0131. The zero-order chi connectivity index (χ0) is 21.1. The smallest absolute Gasteiger partial charge is 0.338 e. The molecule has 1 aliphatic rings. The van der Waals surface area contributed by atoms with Crippen molar-refractivity contribution in [1.82, 2.24) is 10.6 Å². The second kappa shape index (κ2) is 8.11. The normalized spacial score (nSPS) is 12.4. The molecule has 3 rings (SSSR count). The van der Waals surface area contributed by atoms with E-state index in [1.54, 1.807) is 18.2 Å². The molecule has 0 aromatic heterocycles. The highest BCUT2D eigenvalue weighted by Crippen LogP contribution is 2.33. The number of amides is 5. The van der Waals surface area contributed by atoms with Crippen LogP contribution in [0.5, 0.6) is 0 Å². The zero-order valence-electron chi connectivity index (χ0n) is 15.0. The Morgan fingerprint density at radius 3 is 2.41 bits per heavy atom. The number of rotatable bonds is 4. The molecule has 5 amide bonds. The van der Waals surface area contributed by atoms with Gasteiger partial charge in [0.25, 0.3) is 17.7 Å². The van der Waals surface area contributed by atoms with Crippen molar-refractivity contribution in [2.24, 2.45) is 0 Å². The monoisotopic (exact) mass is 415 g/mol. The number of para-hydroxylation sites is 1. The van der Waals surface area contributed by atoms with Crippen LogP contribution in [0.4, 0.5) is 10.5 Å². The second-order valence-electron chi connectivity index (χ2n) is 5.86. The van der Waals surface area contributed by atoms with Crippen LogP contribution in [0.15, 0.2) is 42.5 Å². The predicted octanol–water partition coefficient (Wildman–Crippen LogP) is 1.75. The maximum absolute atomic E-state index is 12.7. The minimum Gasteiger partial charge on any atom is -0.452 e. The van der Waals surface area contributed by atoms with Gasteiger partial charge in [0.1, 0.15) is 0 Å². The Kier molecular flexibility index (Phi) is 5.60. The van der Waals surface area contributed by atoms with Gasteiger partial charge in [-0.1, -0.05) is 23.7 Å². The minimum atomic E-state index is -0.892. The summed E-state index contributed by atoms with van der Waals surface area (Å²) in [6.45, 7) is -0.692. The number of nitrogens with zero attached hydrogens (tertiary/aromatic N) is 1. The lowest BCUT2D eigenvalue weighted by molar-refractivity contribution is -0.123. The van der Waals surface area contributed by atoms with Gasteiger partial charge >= 0.3 is 12.0 Å². The van der Waals surface area contributed by atoms with Gasteiger partial charge in [0, 0.05) is 7.05 Å². The average molecular weight is 416 g/mol. The van der Waals surface area contributed by atoms with Crippen LogP contribution < -0.4 is 15.5 Å². The maximum atomic E-state index is 12.7. The summed E-state index contributed by atoms with van der Waals surface area (Å²) in [6, 6.07) is 9.48. The second-order valence-corrected chi connectivity index (χ2v) is 6.27. The van der Waals surface area contributed by atoms with E-state index in [0.29, 0.717) is 0 Å². The van der Waals surface area contributed by atoms with Crippen LogP contribution in [0.25, 0.3) is 0 Å². The van der Waals surface area contributed by atoms with Gasteiger partial charge in [-0.3, -0.25) is 19.7 Å². The molecule has 2 N–H and O–H groups in total. The first-order chi connectivity index (χ1) is 13.8. The van der Waals surface area contributed by atoms with Crippen molar-refractivity contribution in [3.8, 4) is 0 Å². The number of urea groups is 1. The molecule has 0 atom stereocenters. The third kappa shape index (κ3) is 3.94. The van der Waals surface area contributed by atoms with E-state index < -0.39 is 36.3 Å². The van der Waals surface area contributed by atoms with Crippen LogP contribution in [0, 0.1) is 0 Å². The number of nitrogens with one attached hydrogen (secondary N) is 2. The molecule has 0 radical (unpaired) electrons. The van der Waals surface area contributed by atoms with Crippen molar-refractivity contribution in [1.29, 1.82) is 0 Å². The summed E-state index contributed by atoms with van der Waals surface area (Å²) >= 11 is 6.09. The number of fused-ring (bicyclic) bond motifs is 1.